The van der Waals surface area contributed by atoms with E-state index in [1.165, 1.54) is 5.56 Å². The number of carbonyl (C=O) groups excluding carboxylic acids is 1. The van der Waals surface area contributed by atoms with Crippen LogP contribution in [0.15, 0.2) is 24.3 Å². The second kappa shape index (κ2) is 9.19. The summed E-state index contributed by atoms with van der Waals surface area (Å²) in [6, 6.07) is 8.52. The van der Waals surface area contributed by atoms with Crippen LogP contribution in [0.1, 0.15) is 69.3 Å². The normalized spacial score (nSPS) is 18.0. The van der Waals surface area contributed by atoms with E-state index in [9.17, 15) is 4.79 Å². The fraction of sp³-hybridized carbons (Fsp3) is 0.650. The van der Waals surface area contributed by atoms with Crippen molar-refractivity contribution in [3.63, 3.8) is 0 Å². The number of benzene rings is 1. The average molecular weight is 320 g/mol. The lowest BCUT2D eigenvalue weighted by molar-refractivity contribution is -0.855. The molecule has 0 spiro atoms. The van der Waals surface area contributed by atoms with Gasteiger partial charge in [-0.3, -0.25) is 4.48 Å². The third-order valence-electron chi connectivity index (χ3n) is 4.94. The Morgan fingerprint density at radius 3 is 2.13 bits per heavy atom. The number of ether oxygens (including phenoxy) is 1. The summed E-state index contributed by atoms with van der Waals surface area (Å²) in [5.41, 5.74) is 2.11. The van der Waals surface area contributed by atoms with E-state index in [4.69, 9.17) is 4.74 Å². The maximum absolute atomic E-state index is 13.0. The van der Waals surface area contributed by atoms with Gasteiger partial charge in [-0.2, -0.15) is 0 Å². The minimum absolute atomic E-state index is 0.236. The zero-order valence-corrected chi connectivity index (χ0v) is 15.8. The number of hydrogen-bond donors (Lipinski definition) is 0. The fourth-order valence-corrected chi connectivity index (χ4v) is 3.13. The second-order valence-electron chi connectivity index (χ2n) is 6.51. The molecule has 1 heterocycles. The maximum Gasteiger partial charge on any atom is 0.345 e. The molecule has 0 saturated carbocycles. The molecule has 1 atom stereocenters. The number of rotatable bonds is 4. The first-order valence-corrected chi connectivity index (χ1v) is 9.07. The number of hydrogen-bond acceptors (Lipinski definition) is 2. The van der Waals surface area contributed by atoms with Gasteiger partial charge in [0.2, 0.25) is 0 Å². The molecule has 1 aromatic rings. The largest absolute Gasteiger partial charge is 0.381 e. The van der Waals surface area contributed by atoms with Gasteiger partial charge in [0, 0.05) is 12.8 Å². The van der Waals surface area contributed by atoms with Gasteiger partial charge < -0.3 is 4.74 Å². The van der Waals surface area contributed by atoms with Crippen LogP contribution >= 0.6 is 0 Å². The molecule has 1 aliphatic rings. The fourth-order valence-electron chi connectivity index (χ4n) is 3.13. The lowest BCUT2D eigenvalue weighted by Crippen LogP contribution is -2.57. The highest BCUT2D eigenvalue weighted by Crippen LogP contribution is 2.25. The summed E-state index contributed by atoms with van der Waals surface area (Å²) in [5.74, 6) is 0.733. The summed E-state index contributed by atoms with van der Waals surface area (Å²) in [4.78, 5) is 13.0. The SMILES string of the molecule is CC.CC[N+](C)(C(=O)c1ccc(C(C)C)cc1)C1CCOCC1. The molecule has 3 heteroatoms. The number of nitrogens with zero attached hydrogens (tertiary/aromatic N) is 1. The molecule has 1 saturated heterocycles. The summed E-state index contributed by atoms with van der Waals surface area (Å²) in [7, 11) is 2.08. The van der Waals surface area contributed by atoms with Gasteiger partial charge in [-0.25, -0.2) is 4.79 Å². The summed E-state index contributed by atoms with van der Waals surface area (Å²) < 4.78 is 5.94. The van der Waals surface area contributed by atoms with Crippen LogP contribution in [-0.2, 0) is 4.74 Å². The minimum Gasteiger partial charge on any atom is -0.381 e. The molecular weight excluding hydrogens is 286 g/mol. The van der Waals surface area contributed by atoms with Gasteiger partial charge in [0.25, 0.3) is 0 Å². The molecule has 3 nitrogen and oxygen atoms in total. The summed E-state index contributed by atoms with van der Waals surface area (Å²) in [6.45, 7) is 12.8. The summed E-state index contributed by atoms with van der Waals surface area (Å²) in [5, 5.41) is 0. The lowest BCUT2D eigenvalue weighted by atomic mass is 9.99. The molecule has 1 aliphatic heterocycles. The van der Waals surface area contributed by atoms with Gasteiger partial charge in [0.15, 0.2) is 0 Å². The Kier molecular flexibility index (Phi) is 7.93. The Morgan fingerprint density at radius 1 is 1.17 bits per heavy atom. The molecule has 1 fully saturated rings. The van der Waals surface area contributed by atoms with Gasteiger partial charge in [0.1, 0.15) is 6.04 Å². The summed E-state index contributed by atoms with van der Waals surface area (Å²) in [6.07, 6.45) is 1.94. The van der Waals surface area contributed by atoms with E-state index >= 15 is 0 Å². The van der Waals surface area contributed by atoms with Gasteiger partial charge in [-0.1, -0.05) is 39.8 Å². The standard InChI is InChI=1S/C18H28NO2.C2H6/c1-5-19(4,17-10-12-21-13-11-17)18(20)16-8-6-15(7-9-16)14(2)3;1-2/h6-9,14,17H,5,10-13H2,1-4H3;1-2H3/q+1;. The smallest absolute Gasteiger partial charge is 0.345 e. The van der Waals surface area contributed by atoms with Crippen LogP contribution in [0.3, 0.4) is 0 Å². The van der Waals surface area contributed by atoms with Crippen molar-refractivity contribution in [2.24, 2.45) is 0 Å². The molecule has 1 unspecified atom stereocenters. The maximum atomic E-state index is 13.0. The van der Waals surface area contributed by atoms with Crippen molar-refractivity contribution >= 4 is 5.91 Å². The molecule has 1 aromatic carbocycles. The van der Waals surface area contributed by atoms with Gasteiger partial charge >= 0.3 is 5.91 Å². The first-order valence-electron chi connectivity index (χ1n) is 9.07. The third kappa shape index (κ3) is 4.65. The van der Waals surface area contributed by atoms with E-state index in [0.717, 1.165) is 38.2 Å². The zero-order valence-electron chi connectivity index (χ0n) is 15.8. The highest BCUT2D eigenvalue weighted by Gasteiger charge is 2.40. The molecule has 0 radical (unpaired) electrons. The molecular formula is C20H34NO2+. The molecule has 1 amide bonds. The van der Waals surface area contributed by atoms with Crippen molar-refractivity contribution < 1.29 is 14.0 Å². The molecule has 23 heavy (non-hydrogen) atoms. The summed E-state index contributed by atoms with van der Waals surface area (Å²) >= 11 is 0. The first-order chi connectivity index (χ1) is 11.0. The number of quaternary nitrogens is 1. The predicted molar refractivity (Wildman–Crippen MR) is 96.8 cm³/mol. The molecule has 130 valence electrons. The third-order valence-corrected chi connectivity index (χ3v) is 4.94. The molecule has 0 N–H and O–H groups in total. The van der Waals surface area contributed by atoms with E-state index < -0.39 is 0 Å². The Labute approximate surface area is 142 Å². The Morgan fingerprint density at radius 2 is 1.70 bits per heavy atom. The van der Waals surface area contributed by atoms with Crippen LogP contribution < -0.4 is 0 Å². The topological polar surface area (TPSA) is 26.3 Å². The van der Waals surface area contributed by atoms with Crippen molar-refractivity contribution in [3.05, 3.63) is 35.4 Å². The van der Waals surface area contributed by atoms with Gasteiger partial charge in [-0.15, -0.1) is 0 Å². The predicted octanol–water partition coefficient (Wildman–Crippen LogP) is 4.62. The van der Waals surface area contributed by atoms with E-state index in [1.807, 2.05) is 26.0 Å². The van der Waals surface area contributed by atoms with Crippen LogP contribution in [0.25, 0.3) is 0 Å². The lowest BCUT2D eigenvalue weighted by Gasteiger charge is -2.40. The molecule has 0 aliphatic carbocycles. The van der Waals surface area contributed by atoms with Crippen LogP contribution in [0.2, 0.25) is 0 Å². The van der Waals surface area contributed by atoms with Crippen molar-refractivity contribution in [3.8, 4) is 0 Å². The molecule has 2 rings (SSSR count). The van der Waals surface area contributed by atoms with Crippen molar-refractivity contribution in [1.82, 2.24) is 0 Å². The minimum atomic E-state index is 0.236. The van der Waals surface area contributed by atoms with E-state index in [2.05, 4.69) is 40.0 Å². The number of carbonyl (C=O) groups is 1. The van der Waals surface area contributed by atoms with E-state index in [0.29, 0.717) is 16.4 Å². The van der Waals surface area contributed by atoms with Crippen molar-refractivity contribution in [1.29, 1.82) is 0 Å². The highest BCUT2D eigenvalue weighted by atomic mass is 16.5. The highest BCUT2D eigenvalue weighted by molar-refractivity contribution is 5.89. The van der Waals surface area contributed by atoms with Crippen LogP contribution in [-0.4, -0.2) is 43.2 Å². The van der Waals surface area contributed by atoms with Crippen LogP contribution in [0, 0.1) is 0 Å². The Bertz CT molecular complexity index is 475. The molecule has 0 aromatic heterocycles. The van der Waals surface area contributed by atoms with Gasteiger partial charge in [-0.05, 0) is 30.5 Å². The van der Waals surface area contributed by atoms with E-state index in [-0.39, 0.29) is 5.91 Å². The quantitative estimate of drug-likeness (QED) is 0.757. The molecule has 0 bridgehead atoms. The van der Waals surface area contributed by atoms with E-state index in [1.54, 1.807) is 0 Å². The Hall–Kier alpha value is -1.19. The van der Waals surface area contributed by atoms with Gasteiger partial charge in [0.05, 0.1) is 32.4 Å². The van der Waals surface area contributed by atoms with Crippen molar-refractivity contribution in [2.75, 3.05) is 26.8 Å². The second-order valence-corrected chi connectivity index (χ2v) is 6.51. The van der Waals surface area contributed by atoms with Crippen LogP contribution in [0.4, 0.5) is 0 Å². The first kappa shape index (κ1) is 19.9. The number of amides is 1. The van der Waals surface area contributed by atoms with Crippen LogP contribution in [0.5, 0.6) is 0 Å². The monoisotopic (exact) mass is 320 g/mol. The van der Waals surface area contributed by atoms with Crippen molar-refractivity contribution in [2.45, 2.75) is 59.4 Å². The zero-order chi connectivity index (χ0) is 17.5. The average Bonchev–Trinajstić information content (AvgIpc) is 2.63. The Balaban J connectivity index is 0.00000127.